The second-order valence-electron chi connectivity index (χ2n) is 7.95. The van der Waals surface area contributed by atoms with Gasteiger partial charge in [-0.1, -0.05) is 36.4 Å². The molecule has 3 aromatic rings. The Balaban J connectivity index is 1.76. The van der Waals surface area contributed by atoms with Gasteiger partial charge in [0.2, 0.25) is 5.91 Å². The third-order valence-corrected chi connectivity index (χ3v) is 6.26. The minimum Gasteiger partial charge on any atom is -0.497 e. The molecule has 2 aromatic carbocycles. The number of nitrogens with zero attached hydrogens (tertiary/aromatic N) is 2. The predicted octanol–water partition coefficient (Wildman–Crippen LogP) is 5.32. The summed E-state index contributed by atoms with van der Waals surface area (Å²) < 4.78 is 10.6. The van der Waals surface area contributed by atoms with Crippen LogP contribution in [0.15, 0.2) is 73.3 Å². The topological polar surface area (TPSA) is 71.1 Å². The summed E-state index contributed by atoms with van der Waals surface area (Å²) in [5, 5.41) is 2.83. The van der Waals surface area contributed by atoms with E-state index in [0.29, 0.717) is 30.3 Å². The van der Waals surface area contributed by atoms with Crippen molar-refractivity contribution in [3.63, 3.8) is 0 Å². The molecular formula is C27H31N3O4S. The maximum atomic E-state index is 13.4. The van der Waals surface area contributed by atoms with Crippen LogP contribution in [0.1, 0.15) is 15.3 Å². The lowest BCUT2D eigenvalue weighted by atomic mass is 10.2. The molecule has 0 aliphatic heterocycles. The number of ether oxygens (including phenoxy) is 2. The van der Waals surface area contributed by atoms with Crippen molar-refractivity contribution in [1.29, 1.82) is 0 Å². The lowest BCUT2D eigenvalue weighted by Crippen LogP contribution is -2.44. The molecule has 3 amide bonds. The number of benzene rings is 2. The molecule has 0 spiro atoms. The molecule has 0 atom stereocenters. The number of hydrogen-bond donors (Lipinski definition) is 1. The van der Waals surface area contributed by atoms with Crippen LogP contribution >= 0.6 is 11.3 Å². The van der Waals surface area contributed by atoms with Gasteiger partial charge in [-0.25, -0.2) is 4.79 Å². The molecule has 184 valence electrons. The van der Waals surface area contributed by atoms with Gasteiger partial charge in [-0.05, 0) is 24.6 Å². The van der Waals surface area contributed by atoms with Gasteiger partial charge in [0.1, 0.15) is 18.0 Å². The Morgan fingerprint density at radius 1 is 0.971 bits per heavy atom. The number of amides is 3. The van der Waals surface area contributed by atoms with E-state index >= 15 is 0 Å². The lowest BCUT2D eigenvalue weighted by Gasteiger charge is -2.27. The molecule has 3 rings (SSSR count). The SMILES string of the molecule is C=CCN(CC(=O)N(Cc1ccccc1)Cc1ccc(C)s1)C(=O)Nc1cc(OC)cc(OC)c1. The van der Waals surface area contributed by atoms with Gasteiger partial charge in [-0.3, -0.25) is 4.79 Å². The van der Waals surface area contributed by atoms with Crippen molar-refractivity contribution in [3.05, 3.63) is 88.6 Å². The second kappa shape index (κ2) is 12.6. The molecular weight excluding hydrogens is 462 g/mol. The van der Waals surface area contributed by atoms with E-state index in [4.69, 9.17) is 9.47 Å². The van der Waals surface area contributed by atoms with E-state index in [-0.39, 0.29) is 19.0 Å². The molecule has 8 heteroatoms. The van der Waals surface area contributed by atoms with E-state index in [1.807, 2.05) is 49.4 Å². The Morgan fingerprint density at radius 3 is 2.23 bits per heavy atom. The lowest BCUT2D eigenvalue weighted by molar-refractivity contribution is -0.132. The molecule has 0 saturated heterocycles. The van der Waals surface area contributed by atoms with Crippen molar-refractivity contribution in [2.75, 3.05) is 32.6 Å². The molecule has 1 aromatic heterocycles. The number of methoxy groups -OCH3 is 2. The molecule has 0 aliphatic rings. The quantitative estimate of drug-likeness (QED) is 0.367. The van der Waals surface area contributed by atoms with E-state index in [1.54, 1.807) is 54.7 Å². The molecule has 0 unspecified atom stereocenters. The summed E-state index contributed by atoms with van der Waals surface area (Å²) in [5.74, 6) is 0.942. The number of nitrogens with one attached hydrogen (secondary N) is 1. The zero-order chi connectivity index (χ0) is 25.2. The van der Waals surface area contributed by atoms with Gasteiger partial charge < -0.3 is 24.6 Å². The van der Waals surface area contributed by atoms with E-state index < -0.39 is 6.03 Å². The molecule has 1 heterocycles. The summed E-state index contributed by atoms with van der Waals surface area (Å²) in [4.78, 5) is 32.0. The highest BCUT2D eigenvalue weighted by atomic mass is 32.1. The van der Waals surface area contributed by atoms with Crippen LogP contribution < -0.4 is 14.8 Å². The molecule has 0 aliphatic carbocycles. The summed E-state index contributed by atoms with van der Waals surface area (Å²) in [6.07, 6.45) is 1.60. The Kier molecular flexibility index (Phi) is 9.31. The average molecular weight is 494 g/mol. The fourth-order valence-corrected chi connectivity index (χ4v) is 4.42. The van der Waals surface area contributed by atoms with Crippen LogP contribution in [0.4, 0.5) is 10.5 Å². The smallest absolute Gasteiger partial charge is 0.322 e. The van der Waals surface area contributed by atoms with Crippen molar-refractivity contribution in [3.8, 4) is 11.5 Å². The first-order valence-corrected chi connectivity index (χ1v) is 12.0. The van der Waals surface area contributed by atoms with E-state index in [9.17, 15) is 9.59 Å². The summed E-state index contributed by atoms with van der Waals surface area (Å²) in [6.45, 7) is 6.85. The Morgan fingerprint density at radius 2 is 1.66 bits per heavy atom. The van der Waals surface area contributed by atoms with Gasteiger partial charge in [-0.2, -0.15) is 0 Å². The van der Waals surface area contributed by atoms with Crippen molar-refractivity contribution < 1.29 is 19.1 Å². The average Bonchev–Trinajstić information content (AvgIpc) is 3.28. The van der Waals surface area contributed by atoms with Gasteiger partial charge >= 0.3 is 6.03 Å². The van der Waals surface area contributed by atoms with Gasteiger partial charge in [0.25, 0.3) is 0 Å². The van der Waals surface area contributed by atoms with Gasteiger partial charge in [-0.15, -0.1) is 17.9 Å². The number of carbonyl (C=O) groups is 2. The third kappa shape index (κ3) is 7.61. The Hall–Kier alpha value is -3.78. The number of anilines is 1. The van der Waals surface area contributed by atoms with Crippen LogP contribution in [0, 0.1) is 6.92 Å². The summed E-state index contributed by atoms with van der Waals surface area (Å²) in [6, 6.07) is 18.6. The van der Waals surface area contributed by atoms with Crippen LogP contribution in [0.3, 0.4) is 0 Å². The Labute approximate surface area is 210 Å². The molecule has 0 bridgehead atoms. The van der Waals surface area contributed by atoms with Crippen LogP contribution in [0.25, 0.3) is 0 Å². The highest BCUT2D eigenvalue weighted by molar-refractivity contribution is 7.11. The first-order valence-electron chi connectivity index (χ1n) is 11.2. The number of urea groups is 1. The standard InChI is InChI=1S/C27H31N3O4S/c1-5-13-29(27(32)28-22-14-23(33-3)16-24(15-22)34-4)19-26(31)30(17-21-9-7-6-8-10-21)18-25-12-11-20(2)35-25/h5-12,14-16H,1,13,17-19H2,2-4H3,(H,28,32). The summed E-state index contributed by atoms with van der Waals surface area (Å²) in [5.41, 5.74) is 1.53. The number of aryl methyl sites for hydroxylation is 1. The van der Waals surface area contributed by atoms with Crippen LogP contribution in [-0.2, 0) is 17.9 Å². The molecule has 1 N–H and O–H groups in total. The second-order valence-corrected chi connectivity index (χ2v) is 9.32. The van der Waals surface area contributed by atoms with Crippen molar-refractivity contribution in [1.82, 2.24) is 9.80 Å². The molecule has 0 fully saturated rings. The van der Waals surface area contributed by atoms with Crippen molar-refractivity contribution in [2.24, 2.45) is 0 Å². The third-order valence-electron chi connectivity index (χ3n) is 5.28. The predicted molar refractivity (Wildman–Crippen MR) is 140 cm³/mol. The molecule has 0 radical (unpaired) electrons. The van der Waals surface area contributed by atoms with E-state index in [1.165, 1.54) is 9.78 Å². The molecule has 0 saturated carbocycles. The van der Waals surface area contributed by atoms with Crippen LogP contribution in [0.5, 0.6) is 11.5 Å². The van der Waals surface area contributed by atoms with Gasteiger partial charge in [0.15, 0.2) is 0 Å². The monoisotopic (exact) mass is 493 g/mol. The maximum absolute atomic E-state index is 13.4. The number of thiophene rings is 1. The van der Waals surface area contributed by atoms with Crippen LogP contribution in [0.2, 0.25) is 0 Å². The van der Waals surface area contributed by atoms with Gasteiger partial charge in [0, 0.05) is 46.7 Å². The molecule has 7 nitrogen and oxygen atoms in total. The zero-order valence-electron chi connectivity index (χ0n) is 20.3. The highest BCUT2D eigenvalue weighted by Gasteiger charge is 2.22. The fraction of sp³-hybridized carbons (Fsp3) is 0.259. The van der Waals surface area contributed by atoms with Crippen molar-refractivity contribution in [2.45, 2.75) is 20.0 Å². The maximum Gasteiger partial charge on any atom is 0.322 e. The summed E-state index contributed by atoms with van der Waals surface area (Å²) >= 11 is 1.66. The minimum atomic E-state index is -0.416. The summed E-state index contributed by atoms with van der Waals surface area (Å²) in [7, 11) is 3.08. The highest BCUT2D eigenvalue weighted by Crippen LogP contribution is 2.26. The Bertz CT molecular complexity index is 1120. The minimum absolute atomic E-state index is 0.0872. The first kappa shape index (κ1) is 25.8. The largest absolute Gasteiger partial charge is 0.497 e. The van der Waals surface area contributed by atoms with E-state index in [0.717, 1.165) is 10.4 Å². The fourth-order valence-electron chi connectivity index (χ4n) is 3.51. The van der Waals surface area contributed by atoms with Gasteiger partial charge in [0.05, 0.1) is 20.8 Å². The van der Waals surface area contributed by atoms with Crippen LogP contribution in [-0.4, -0.2) is 49.0 Å². The zero-order valence-corrected chi connectivity index (χ0v) is 21.1. The normalized spacial score (nSPS) is 10.4. The molecule has 35 heavy (non-hydrogen) atoms. The number of rotatable bonds is 11. The first-order chi connectivity index (χ1) is 16.9. The number of carbonyl (C=O) groups excluding carboxylic acids is 2. The van der Waals surface area contributed by atoms with E-state index in [2.05, 4.69) is 11.9 Å². The number of hydrogen-bond acceptors (Lipinski definition) is 5. The van der Waals surface area contributed by atoms with Crippen molar-refractivity contribution >= 4 is 29.0 Å².